The molecular formula is C21H22ClN3O6S. The first-order valence-electron chi connectivity index (χ1n) is 9.59. The van der Waals surface area contributed by atoms with E-state index in [1.165, 1.54) is 25.1 Å². The van der Waals surface area contributed by atoms with Crippen LogP contribution in [0.5, 0.6) is 5.75 Å². The van der Waals surface area contributed by atoms with Crippen LogP contribution < -0.4 is 15.6 Å². The number of aryl methyl sites for hydroxylation is 1. The molecule has 1 atom stereocenters. The second-order valence-electron chi connectivity index (χ2n) is 6.83. The first-order valence-corrected chi connectivity index (χ1v) is 10.8. The van der Waals surface area contributed by atoms with E-state index < -0.39 is 23.5 Å². The summed E-state index contributed by atoms with van der Waals surface area (Å²) in [7, 11) is 2.98. The van der Waals surface area contributed by atoms with Gasteiger partial charge in [0.1, 0.15) is 28.1 Å². The maximum atomic E-state index is 13.2. The van der Waals surface area contributed by atoms with E-state index in [0.29, 0.717) is 31.7 Å². The highest BCUT2D eigenvalue weighted by Crippen LogP contribution is 2.29. The van der Waals surface area contributed by atoms with Crippen LogP contribution in [0.1, 0.15) is 28.2 Å². The number of esters is 1. The lowest BCUT2D eigenvalue weighted by Gasteiger charge is -2.16. The lowest BCUT2D eigenvalue weighted by Crippen LogP contribution is -2.31. The molecule has 0 saturated heterocycles. The molecule has 32 heavy (non-hydrogen) atoms. The first kappa shape index (κ1) is 23.7. The van der Waals surface area contributed by atoms with Crippen molar-refractivity contribution in [3.63, 3.8) is 0 Å². The van der Waals surface area contributed by atoms with Gasteiger partial charge >= 0.3 is 5.97 Å². The number of fused-ring (bicyclic) bond motifs is 1. The highest BCUT2D eigenvalue weighted by Gasteiger charge is 2.24. The number of amides is 1. The third kappa shape index (κ3) is 4.77. The molecule has 0 fully saturated rings. The topological polar surface area (TPSA) is 109 Å². The Hall–Kier alpha value is -2.95. The molecule has 170 valence electrons. The summed E-state index contributed by atoms with van der Waals surface area (Å²) in [5.41, 5.74) is 0.413. The van der Waals surface area contributed by atoms with Crippen molar-refractivity contribution in [1.82, 2.24) is 9.55 Å². The zero-order valence-corrected chi connectivity index (χ0v) is 19.5. The zero-order valence-electron chi connectivity index (χ0n) is 17.9. The molecule has 1 unspecified atom stereocenters. The lowest BCUT2D eigenvalue weighted by molar-refractivity contribution is -0.118. The number of hydrogen-bond acceptors (Lipinski definition) is 8. The molecule has 11 heteroatoms. The molecule has 2 aromatic heterocycles. The molecule has 9 nitrogen and oxygen atoms in total. The number of anilines is 1. The van der Waals surface area contributed by atoms with E-state index in [2.05, 4.69) is 10.3 Å². The molecule has 2 heterocycles. The number of nitrogens with zero attached hydrogens (tertiary/aromatic N) is 2. The van der Waals surface area contributed by atoms with Gasteiger partial charge in [0.15, 0.2) is 0 Å². The van der Waals surface area contributed by atoms with Crippen LogP contribution in [-0.4, -0.2) is 48.9 Å². The van der Waals surface area contributed by atoms with Gasteiger partial charge < -0.3 is 19.5 Å². The number of methoxy groups -OCH3 is 2. The fourth-order valence-electron chi connectivity index (χ4n) is 3.03. The number of ether oxygens (including phenoxy) is 3. The van der Waals surface area contributed by atoms with E-state index in [4.69, 9.17) is 25.8 Å². The Morgan fingerprint density at radius 2 is 2.03 bits per heavy atom. The maximum absolute atomic E-state index is 13.2. The van der Waals surface area contributed by atoms with Gasteiger partial charge in [0.05, 0.1) is 31.1 Å². The van der Waals surface area contributed by atoms with E-state index >= 15 is 0 Å². The quantitative estimate of drug-likeness (QED) is 0.389. The number of rotatable bonds is 8. The van der Waals surface area contributed by atoms with Crippen LogP contribution in [0.15, 0.2) is 29.3 Å². The molecule has 0 saturated carbocycles. The predicted molar refractivity (Wildman–Crippen MR) is 122 cm³/mol. The van der Waals surface area contributed by atoms with Crippen LogP contribution in [0, 0.1) is 6.92 Å². The third-order valence-corrected chi connectivity index (χ3v) is 6.21. The second kappa shape index (κ2) is 10.1. The number of hydrogen-bond donors (Lipinski definition) is 1. The number of carbonyl (C=O) groups is 2. The number of nitrogens with one attached hydrogen (secondary N) is 1. The number of carbonyl (C=O) groups excluding carboxylic acids is 2. The molecule has 0 aliphatic heterocycles. The van der Waals surface area contributed by atoms with E-state index in [0.717, 1.165) is 11.3 Å². The largest absolute Gasteiger partial charge is 0.495 e. The van der Waals surface area contributed by atoms with Crippen molar-refractivity contribution in [3.05, 3.63) is 50.3 Å². The molecule has 3 aromatic rings. The maximum Gasteiger partial charge on any atom is 0.348 e. The van der Waals surface area contributed by atoms with Crippen molar-refractivity contribution in [3.8, 4) is 5.75 Å². The van der Waals surface area contributed by atoms with E-state index in [1.54, 1.807) is 32.0 Å². The summed E-state index contributed by atoms with van der Waals surface area (Å²) in [4.78, 5) is 43.3. The minimum absolute atomic E-state index is 0.102. The van der Waals surface area contributed by atoms with Gasteiger partial charge in [0.2, 0.25) is 5.91 Å². The number of benzene rings is 1. The molecule has 0 aliphatic carbocycles. The molecule has 1 N–H and O–H groups in total. The van der Waals surface area contributed by atoms with Crippen molar-refractivity contribution < 1.29 is 23.8 Å². The summed E-state index contributed by atoms with van der Waals surface area (Å²) in [6.07, 6.45) is 1.29. The van der Waals surface area contributed by atoms with E-state index in [9.17, 15) is 14.4 Å². The molecule has 0 aliphatic rings. The Labute approximate surface area is 192 Å². The van der Waals surface area contributed by atoms with Crippen LogP contribution in [0.25, 0.3) is 10.2 Å². The summed E-state index contributed by atoms with van der Waals surface area (Å²) in [5, 5.41) is 3.42. The summed E-state index contributed by atoms with van der Waals surface area (Å²) in [6, 6.07) is 3.93. The van der Waals surface area contributed by atoms with Crippen molar-refractivity contribution in [2.75, 3.05) is 32.8 Å². The van der Waals surface area contributed by atoms with Gasteiger partial charge in [0, 0.05) is 12.1 Å². The fourth-order valence-corrected chi connectivity index (χ4v) is 4.24. The number of thiophene rings is 1. The van der Waals surface area contributed by atoms with Gasteiger partial charge in [-0.05, 0) is 37.6 Å². The first-order chi connectivity index (χ1) is 15.3. The molecule has 1 aromatic carbocycles. The van der Waals surface area contributed by atoms with Gasteiger partial charge in [-0.1, -0.05) is 11.6 Å². The molecule has 0 radical (unpaired) electrons. The van der Waals surface area contributed by atoms with Crippen molar-refractivity contribution >= 4 is 50.7 Å². The van der Waals surface area contributed by atoms with Gasteiger partial charge in [-0.3, -0.25) is 14.2 Å². The standard InChI is InChI=1S/C21H22ClN3O6S/c1-11-16-19(32-17(11)21(28)31-8-7-29-3)23-10-25(20(16)27)12(2)18(26)24-14-9-13(22)5-6-15(14)30-4/h5-6,9-10,12H,7-8H2,1-4H3,(H,24,26). The highest BCUT2D eigenvalue weighted by molar-refractivity contribution is 7.20. The Morgan fingerprint density at radius 3 is 2.72 bits per heavy atom. The summed E-state index contributed by atoms with van der Waals surface area (Å²) in [5.74, 6) is -0.575. The summed E-state index contributed by atoms with van der Waals surface area (Å²) < 4.78 is 16.5. The van der Waals surface area contributed by atoms with Crippen LogP contribution in [0.4, 0.5) is 5.69 Å². The van der Waals surface area contributed by atoms with Crippen molar-refractivity contribution in [2.24, 2.45) is 0 Å². The average Bonchev–Trinajstić information content (AvgIpc) is 3.11. The third-order valence-electron chi connectivity index (χ3n) is 4.80. The van der Waals surface area contributed by atoms with Gasteiger partial charge in [-0.15, -0.1) is 11.3 Å². The molecule has 3 rings (SSSR count). The highest BCUT2D eigenvalue weighted by atomic mass is 35.5. The minimum Gasteiger partial charge on any atom is -0.495 e. The number of aromatic nitrogens is 2. The van der Waals surface area contributed by atoms with Gasteiger partial charge in [0.25, 0.3) is 5.56 Å². The van der Waals surface area contributed by atoms with Gasteiger partial charge in [-0.25, -0.2) is 9.78 Å². The van der Waals surface area contributed by atoms with E-state index in [-0.39, 0.29) is 18.6 Å². The fraction of sp³-hybridized carbons (Fsp3) is 0.333. The van der Waals surface area contributed by atoms with Crippen LogP contribution in [0.3, 0.4) is 0 Å². The second-order valence-corrected chi connectivity index (χ2v) is 8.27. The Morgan fingerprint density at radius 1 is 1.28 bits per heavy atom. The smallest absolute Gasteiger partial charge is 0.348 e. The van der Waals surface area contributed by atoms with Crippen LogP contribution in [0.2, 0.25) is 5.02 Å². The van der Waals surface area contributed by atoms with E-state index in [1.807, 2.05) is 0 Å². The monoisotopic (exact) mass is 479 g/mol. The van der Waals surface area contributed by atoms with Crippen molar-refractivity contribution in [2.45, 2.75) is 19.9 Å². The molecular weight excluding hydrogens is 458 g/mol. The average molecular weight is 480 g/mol. The predicted octanol–water partition coefficient (Wildman–Crippen LogP) is 3.43. The summed E-state index contributed by atoms with van der Waals surface area (Å²) in [6.45, 7) is 3.60. The van der Waals surface area contributed by atoms with Crippen molar-refractivity contribution in [1.29, 1.82) is 0 Å². The molecule has 0 spiro atoms. The molecule has 0 bridgehead atoms. The zero-order chi connectivity index (χ0) is 23.4. The summed E-state index contributed by atoms with van der Waals surface area (Å²) >= 11 is 7.08. The number of halogens is 1. The Bertz CT molecular complexity index is 1220. The Balaban J connectivity index is 1.90. The minimum atomic E-state index is -0.889. The van der Waals surface area contributed by atoms with Crippen LogP contribution in [-0.2, 0) is 14.3 Å². The molecule has 1 amide bonds. The van der Waals surface area contributed by atoms with Crippen LogP contribution >= 0.6 is 22.9 Å². The SMILES string of the molecule is COCCOC(=O)c1sc2ncn(C(C)C(=O)Nc3cc(Cl)ccc3OC)c(=O)c2c1C. The Kier molecular flexibility index (Phi) is 7.49. The lowest BCUT2D eigenvalue weighted by atomic mass is 10.2. The normalized spacial score (nSPS) is 11.9. The van der Waals surface area contributed by atoms with Gasteiger partial charge in [-0.2, -0.15) is 0 Å².